The van der Waals surface area contributed by atoms with Crippen LogP contribution in [0.5, 0.6) is 0 Å². The Morgan fingerprint density at radius 1 is 1.35 bits per heavy atom. The second-order valence-corrected chi connectivity index (χ2v) is 4.62. The van der Waals surface area contributed by atoms with E-state index in [2.05, 4.69) is 0 Å². The molecule has 4 heteroatoms. The number of hydrogen-bond donors (Lipinski definition) is 0. The molecule has 2 fully saturated rings. The lowest BCUT2D eigenvalue weighted by Gasteiger charge is -2.14. The van der Waals surface area contributed by atoms with Gasteiger partial charge in [0.25, 0.3) is 0 Å². The van der Waals surface area contributed by atoms with Gasteiger partial charge in [-0.25, -0.2) is 0 Å². The lowest BCUT2D eigenvalue weighted by atomic mass is 9.93. The van der Waals surface area contributed by atoms with Crippen LogP contribution < -0.4 is 0 Å². The highest BCUT2D eigenvalue weighted by molar-refractivity contribution is 6.14. The van der Waals surface area contributed by atoms with Gasteiger partial charge in [0, 0.05) is 7.05 Å². The second-order valence-electron chi connectivity index (χ2n) is 4.62. The molecular formula is C13H10N2O2. The van der Waals surface area contributed by atoms with Crippen LogP contribution >= 0.6 is 0 Å². The average Bonchev–Trinajstić information content (AvgIpc) is 3.08. The predicted octanol–water partition coefficient (Wildman–Crippen LogP) is 0.815. The molecule has 4 nitrogen and oxygen atoms in total. The summed E-state index contributed by atoms with van der Waals surface area (Å²) >= 11 is 0. The topological polar surface area (TPSA) is 61.2 Å². The van der Waals surface area contributed by atoms with E-state index >= 15 is 0 Å². The second kappa shape index (κ2) is 2.95. The van der Waals surface area contributed by atoms with Gasteiger partial charge in [0.15, 0.2) is 0 Å². The fourth-order valence-electron chi connectivity index (χ4n) is 2.72. The number of piperidine rings is 1. The van der Waals surface area contributed by atoms with E-state index in [-0.39, 0.29) is 17.7 Å². The third kappa shape index (κ3) is 1.06. The number of nitrogens with zero attached hydrogens (tertiary/aromatic N) is 2. The minimum Gasteiger partial charge on any atom is -0.285 e. The van der Waals surface area contributed by atoms with Crippen LogP contribution in [-0.2, 0) is 15.0 Å². The minimum absolute atomic E-state index is 0.0839. The Labute approximate surface area is 98.4 Å². The summed E-state index contributed by atoms with van der Waals surface area (Å²) < 4.78 is 0. The van der Waals surface area contributed by atoms with E-state index in [0.717, 1.165) is 5.56 Å². The summed E-state index contributed by atoms with van der Waals surface area (Å²) in [6.07, 6.45) is 0.612. The molecule has 2 amide bonds. The van der Waals surface area contributed by atoms with Gasteiger partial charge in [0.1, 0.15) is 0 Å². The summed E-state index contributed by atoms with van der Waals surface area (Å²) in [4.78, 5) is 25.0. The van der Waals surface area contributed by atoms with Crippen molar-refractivity contribution in [1.29, 1.82) is 5.26 Å². The highest BCUT2D eigenvalue weighted by atomic mass is 16.2. The van der Waals surface area contributed by atoms with Gasteiger partial charge >= 0.3 is 0 Å². The summed E-state index contributed by atoms with van der Waals surface area (Å²) in [5, 5.41) is 8.73. The molecule has 1 aliphatic carbocycles. The van der Waals surface area contributed by atoms with E-state index in [1.54, 1.807) is 24.3 Å². The molecule has 1 aromatic rings. The molecule has 2 unspecified atom stereocenters. The Hall–Kier alpha value is -2.15. The molecule has 1 aliphatic heterocycles. The van der Waals surface area contributed by atoms with Crippen LogP contribution in [0.1, 0.15) is 17.5 Å². The molecule has 3 rings (SSSR count). The maximum absolute atomic E-state index is 12.1. The zero-order valence-electron chi connectivity index (χ0n) is 9.30. The number of amides is 2. The number of hydrogen-bond acceptors (Lipinski definition) is 3. The van der Waals surface area contributed by atoms with Crippen LogP contribution in [0.2, 0.25) is 0 Å². The molecule has 0 radical (unpaired) electrons. The number of imide groups is 1. The largest absolute Gasteiger partial charge is 0.285 e. The fraction of sp³-hybridized carbons (Fsp3) is 0.308. The number of benzene rings is 1. The quantitative estimate of drug-likeness (QED) is 0.666. The van der Waals surface area contributed by atoms with E-state index in [9.17, 15) is 9.59 Å². The maximum Gasteiger partial charge on any atom is 0.240 e. The molecule has 1 saturated heterocycles. The summed E-state index contributed by atoms with van der Waals surface area (Å²) in [7, 11) is 1.53. The van der Waals surface area contributed by atoms with Crippen molar-refractivity contribution in [2.24, 2.45) is 5.92 Å². The van der Waals surface area contributed by atoms with Crippen molar-refractivity contribution in [3.8, 4) is 6.07 Å². The minimum atomic E-state index is -0.625. The first-order valence-corrected chi connectivity index (χ1v) is 5.44. The van der Waals surface area contributed by atoms with E-state index < -0.39 is 5.41 Å². The summed E-state index contributed by atoms with van der Waals surface area (Å²) in [6.45, 7) is 0. The molecule has 17 heavy (non-hydrogen) atoms. The van der Waals surface area contributed by atoms with Crippen molar-refractivity contribution in [2.45, 2.75) is 11.8 Å². The Balaban J connectivity index is 2.04. The SMILES string of the molecule is CN1C(=O)C2CC2(c2ccc(C#N)cc2)C1=O. The molecule has 2 aliphatic rings. The standard InChI is InChI=1S/C13H10N2O2/c1-15-11(16)10-6-13(10,12(15)17)9-4-2-8(7-14)3-5-9/h2-5,10H,6H2,1H3. The molecule has 0 aromatic heterocycles. The van der Waals surface area contributed by atoms with Crippen molar-refractivity contribution in [3.05, 3.63) is 35.4 Å². The van der Waals surface area contributed by atoms with Gasteiger partial charge in [-0.2, -0.15) is 5.26 Å². The van der Waals surface area contributed by atoms with Gasteiger partial charge in [0.05, 0.1) is 23.0 Å². The van der Waals surface area contributed by atoms with Crippen molar-refractivity contribution in [1.82, 2.24) is 4.90 Å². The van der Waals surface area contributed by atoms with E-state index in [1.807, 2.05) is 6.07 Å². The van der Waals surface area contributed by atoms with Crippen molar-refractivity contribution < 1.29 is 9.59 Å². The van der Waals surface area contributed by atoms with Crippen LogP contribution in [0.3, 0.4) is 0 Å². The van der Waals surface area contributed by atoms with Gasteiger partial charge in [-0.1, -0.05) is 12.1 Å². The Kier molecular flexibility index (Phi) is 1.74. The number of likely N-dealkylation sites (N-methyl/N-ethyl adjacent to an activating group) is 1. The first-order chi connectivity index (χ1) is 8.11. The zero-order valence-corrected chi connectivity index (χ0v) is 9.30. The van der Waals surface area contributed by atoms with E-state index in [0.29, 0.717) is 12.0 Å². The third-order valence-corrected chi connectivity index (χ3v) is 3.80. The van der Waals surface area contributed by atoms with Gasteiger partial charge in [-0.3, -0.25) is 14.5 Å². The number of nitriles is 1. The lowest BCUT2D eigenvalue weighted by molar-refractivity contribution is -0.140. The van der Waals surface area contributed by atoms with Crippen LogP contribution in [0.25, 0.3) is 0 Å². The fourth-order valence-corrected chi connectivity index (χ4v) is 2.72. The Bertz CT molecular complexity index is 570. The van der Waals surface area contributed by atoms with E-state index in [1.165, 1.54) is 11.9 Å². The molecule has 0 N–H and O–H groups in total. The maximum atomic E-state index is 12.1. The molecule has 1 aromatic carbocycles. The lowest BCUT2D eigenvalue weighted by Crippen LogP contribution is -2.32. The van der Waals surface area contributed by atoms with E-state index in [4.69, 9.17) is 5.26 Å². The highest BCUT2D eigenvalue weighted by Crippen LogP contribution is 2.60. The van der Waals surface area contributed by atoms with Gasteiger partial charge < -0.3 is 0 Å². The summed E-state index contributed by atoms with van der Waals surface area (Å²) in [5.74, 6) is -0.385. The molecule has 0 spiro atoms. The third-order valence-electron chi connectivity index (χ3n) is 3.80. The van der Waals surface area contributed by atoms with Crippen LogP contribution in [0.15, 0.2) is 24.3 Å². The highest BCUT2D eigenvalue weighted by Gasteiger charge is 2.71. The van der Waals surface area contributed by atoms with Crippen molar-refractivity contribution >= 4 is 11.8 Å². The average molecular weight is 226 g/mol. The normalized spacial score (nSPS) is 30.1. The van der Waals surface area contributed by atoms with Crippen LogP contribution in [-0.4, -0.2) is 23.8 Å². The first kappa shape index (κ1) is 10.0. The molecule has 1 heterocycles. The number of carbonyl (C=O) groups is 2. The molecular weight excluding hydrogens is 216 g/mol. The van der Waals surface area contributed by atoms with Gasteiger partial charge in [-0.05, 0) is 24.1 Å². The van der Waals surface area contributed by atoms with Crippen molar-refractivity contribution in [3.63, 3.8) is 0 Å². The molecule has 0 bridgehead atoms. The van der Waals surface area contributed by atoms with Crippen molar-refractivity contribution in [2.75, 3.05) is 7.05 Å². The predicted molar refractivity (Wildman–Crippen MR) is 58.7 cm³/mol. The Morgan fingerprint density at radius 2 is 2.00 bits per heavy atom. The zero-order chi connectivity index (χ0) is 12.2. The van der Waals surface area contributed by atoms with Crippen LogP contribution in [0, 0.1) is 17.2 Å². The van der Waals surface area contributed by atoms with Gasteiger partial charge in [0.2, 0.25) is 11.8 Å². The molecule has 1 saturated carbocycles. The summed E-state index contributed by atoms with van der Waals surface area (Å²) in [5.41, 5.74) is 0.788. The number of rotatable bonds is 1. The smallest absolute Gasteiger partial charge is 0.240 e. The molecule has 2 atom stereocenters. The number of carbonyl (C=O) groups excluding carboxylic acids is 2. The monoisotopic (exact) mass is 226 g/mol. The number of likely N-dealkylation sites (tertiary alicyclic amines) is 1. The molecule has 84 valence electrons. The Morgan fingerprint density at radius 3 is 2.47 bits per heavy atom. The first-order valence-electron chi connectivity index (χ1n) is 5.44. The van der Waals surface area contributed by atoms with Gasteiger partial charge in [-0.15, -0.1) is 0 Å². The number of fused-ring (bicyclic) bond motifs is 1. The van der Waals surface area contributed by atoms with Crippen LogP contribution in [0.4, 0.5) is 0 Å². The summed E-state index contributed by atoms with van der Waals surface area (Å²) in [6, 6.07) is 8.98.